The minimum absolute atomic E-state index is 0.218. The van der Waals surface area contributed by atoms with Crippen LogP contribution in [0.4, 0.5) is 5.82 Å². The first-order valence-electron chi connectivity index (χ1n) is 12.4. The van der Waals surface area contributed by atoms with Gasteiger partial charge in [-0.2, -0.15) is 0 Å². The molecule has 2 aromatic heterocycles. The molecule has 3 aromatic rings. The Morgan fingerprint density at radius 1 is 1.15 bits per heavy atom. The molecule has 0 spiro atoms. The molecule has 5 rings (SSSR count). The van der Waals surface area contributed by atoms with Crippen LogP contribution < -0.4 is 4.90 Å². The lowest BCUT2D eigenvalue weighted by Crippen LogP contribution is -2.49. The minimum Gasteiger partial charge on any atom is -0.352 e. The SMILES string of the molecule is CC[C@@H](C)c1nc(N2CCN(C(=O)Cc3ccccc3)CC2)c2c3c(sc2n1)C[C@@H](C)CC3. The number of carbonyl (C=O) groups excluding carboxylic acids is 1. The molecule has 1 saturated heterocycles. The number of aromatic nitrogens is 2. The second kappa shape index (κ2) is 9.41. The van der Waals surface area contributed by atoms with E-state index in [1.165, 1.54) is 22.2 Å². The summed E-state index contributed by atoms with van der Waals surface area (Å²) in [7, 11) is 0. The van der Waals surface area contributed by atoms with Crippen LogP contribution in [0.1, 0.15) is 61.4 Å². The van der Waals surface area contributed by atoms with Crippen molar-refractivity contribution in [3.63, 3.8) is 0 Å². The van der Waals surface area contributed by atoms with E-state index >= 15 is 0 Å². The molecule has 6 heteroatoms. The van der Waals surface area contributed by atoms with Crippen molar-refractivity contribution in [2.45, 2.75) is 58.8 Å². The van der Waals surface area contributed by atoms with Crippen LogP contribution >= 0.6 is 11.3 Å². The summed E-state index contributed by atoms with van der Waals surface area (Å²) in [5, 5.41) is 1.29. The minimum atomic E-state index is 0.218. The maximum Gasteiger partial charge on any atom is 0.227 e. The molecule has 0 bridgehead atoms. The third kappa shape index (κ3) is 4.50. The van der Waals surface area contributed by atoms with Gasteiger partial charge in [-0.25, -0.2) is 9.97 Å². The van der Waals surface area contributed by atoms with E-state index in [1.54, 1.807) is 0 Å². The number of hydrogen-bond acceptors (Lipinski definition) is 5. The number of rotatable bonds is 5. The summed E-state index contributed by atoms with van der Waals surface area (Å²) in [5.74, 6) is 3.39. The van der Waals surface area contributed by atoms with Crippen molar-refractivity contribution in [2.75, 3.05) is 31.1 Å². The number of piperazine rings is 1. The highest BCUT2D eigenvalue weighted by molar-refractivity contribution is 7.19. The Hall–Kier alpha value is -2.47. The van der Waals surface area contributed by atoms with Gasteiger partial charge in [-0.3, -0.25) is 4.79 Å². The molecule has 0 saturated carbocycles. The summed E-state index contributed by atoms with van der Waals surface area (Å²) in [5.41, 5.74) is 2.57. The van der Waals surface area contributed by atoms with Gasteiger partial charge in [0.15, 0.2) is 0 Å². The fourth-order valence-electron chi connectivity index (χ4n) is 5.02. The number of nitrogens with zero attached hydrogens (tertiary/aromatic N) is 4. The van der Waals surface area contributed by atoms with Crippen LogP contribution in [0.25, 0.3) is 10.2 Å². The first-order valence-corrected chi connectivity index (χ1v) is 13.2. The Balaban J connectivity index is 1.40. The highest BCUT2D eigenvalue weighted by Gasteiger charge is 2.29. The van der Waals surface area contributed by atoms with Crippen molar-refractivity contribution in [3.8, 4) is 0 Å². The second-order valence-electron chi connectivity index (χ2n) is 9.78. The fourth-order valence-corrected chi connectivity index (χ4v) is 6.41. The standard InChI is InChI=1S/C27H34N4OS/c1-4-19(3)25-28-26(24-21-11-10-18(2)16-22(21)33-27(24)29-25)31-14-12-30(13-15-31)23(32)17-20-8-6-5-7-9-20/h5-9,18-19H,4,10-17H2,1-3H3/t18-,19+/m0/s1. The number of anilines is 1. The molecule has 0 radical (unpaired) electrons. The quantitative estimate of drug-likeness (QED) is 0.522. The molecule has 33 heavy (non-hydrogen) atoms. The molecule has 0 N–H and O–H groups in total. The zero-order valence-corrected chi connectivity index (χ0v) is 20.8. The lowest BCUT2D eigenvalue weighted by atomic mass is 9.89. The van der Waals surface area contributed by atoms with Gasteiger partial charge in [-0.15, -0.1) is 11.3 Å². The van der Waals surface area contributed by atoms with Gasteiger partial charge < -0.3 is 9.80 Å². The van der Waals surface area contributed by atoms with Crippen LogP contribution in [0.2, 0.25) is 0 Å². The third-order valence-electron chi connectivity index (χ3n) is 7.34. The molecule has 3 heterocycles. The molecule has 2 atom stereocenters. The lowest BCUT2D eigenvalue weighted by molar-refractivity contribution is -0.130. The molecule has 0 unspecified atom stereocenters. The average molecular weight is 463 g/mol. The van der Waals surface area contributed by atoms with Crippen LogP contribution in [-0.2, 0) is 24.1 Å². The predicted octanol–water partition coefficient (Wildman–Crippen LogP) is 5.22. The molecule has 1 aliphatic heterocycles. The van der Waals surface area contributed by atoms with Crippen LogP contribution in [0.3, 0.4) is 0 Å². The van der Waals surface area contributed by atoms with E-state index in [4.69, 9.17) is 9.97 Å². The Morgan fingerprint density at radius 2 is 1.91 bits per heavy atom. The number of amides is 1. The van der Waals surface area contributed by atoms with E-state index in [0.29, 0.717) is 12.3 Å². The van der Waals surface area contributed by atoms with Gasteiger partial charge in [0.05, 0.1) is 11.8 Å². The van der Waals surface area contributed by atoms with Gasteiger partial charge in [0.25, 0.3) is 0 Å². The Kier molecular flexibility index (Phi) is 6.37. The molecule has 1 aliphatic carbocycles. The lowest BCUT2D eigenvalue weighted by Gasteiger charge is -2.36. The highest BCUT2D eigenvalue weighted by Crippen LogP contribution is 2.41. The van der Waals surface area contributed by atoms with Gasteiger partial charge in [-0.05, 0) is 42.7 Å². The number of hydrogen-bond donors (Lipinski definition) is 0. The van der Waals surface area contributed by atoms with Crippen molar-refractivity contribution in [1.29, 1.82) is 0 Å². The highest BCUT2D eigenvalue weighted by atomic mass is 32.1. The summed E-state index contributed by atoms with van der Waals surface area (Å²) in [6, 6.07) is 10.0. The number of benzene rings is 1. The summed E-state index contributed by atoms with van der Waals surface area (Å²) in [4.78, 5) is 30.2. The molecule has 1 fully saturated rings. The number of carbonyl (C=O) groups is 1. The number of fused-ring (bicyclic) bond motifs is 3. The first-order chi connectivity index (χ1) is 16.0. The fraction of sp³-hybridized carbons (Fsp3) is 0.519. The summed E-state index contributed by atoms with van der Waals surface area (Å²) < 4.78 is 0. The van der Waals surface area contributed by atoms with Crippen LogP contribution in [0.5, 0.6) is 0 Å². The van der Waals surface area contributed by atoms with Gasteiger partial charge in [0, 0.05) is 37.0 Å². The molecular formula is C27H34N4OS. The van der Waals surface area contributed by atoms with Crippen molar-refractivity contribution in [2.24, 2.45) is 5.92 Å². The van der Waals surface area contributed by atoms with E-state index in [9.17, 15) is 4.79 Å². The van der Waals surface area contributed by atoms with Crippen LogP contribution in [-0.4, -0.2) is 47.0 Å². The summed E-state index contributed by atoms with van der Waals surface area (Å²) >= 11 is 1.89. The Labute approximate surface area is 200 Å². The van der Waals surface area contributed by atoms with Crippen molar-refractivity contribution in [1.82, 2.24) is 14.9 Å². The van der Waals surface area contributed by atoms with Crippen LogP contribution in [0.15, 0.2) is 30.3 Å². The largest absolute Gasteiger partial charge is 0.352 e. The Bertz CT molecular complexity index is 1130. The number of aryl methyl sites for hydroxylation is 1. The molecule has 2 aliphatic rings. The topological polar surface area (TPSA) is 49.3 Å². The third-order valence-corrected chi connectivity index (χ3v) is 8.48. The monoisotopic (exact) mass is 462 g/mol. The Morgan fingerprint density at radius 3 is 2.64 bits per heavy atom. The smallest absolute Gasteiger partial charge is 0.227 e. The zero-order chi connectivity index (χ0) is 22.9. The van der Waals surface area contributed by atoms with E-state index in [-0.39, 0.29) is 5.91 Å². The van der Waals surface area contributed by atoms with E-state index in [2.05, 4.69) is 25.7 Å². The maximum atomic E-state index is 12.9. The van der Waals surface area contributed by atoms with Gasteiger partial charge in [0.1, 0.15) is 16.5 Å². The molecule has 5 nitrogen and oxygen atoms in total. The van der Waals surface area contributed by atoms with E-state index in [0.717, 1.165) is 73.4 Å². The second-order valence-corrected chi connectivity index (χ2v) is 10.9. The molecule has 1 aromatic carbocycles. The molecule has 1 amide bonds. The van der Waals surface area contributed by atoms with Crippen LogP contribution in [0, 0.1) is 5.92 Å². The molecule has 174 valence electrons. The average Bonchev–Trinajstić information content (AvgIpc) is 3.21. The van der Waals surface area contributed by atoms with Gasteiger partial charge in [0.2, 0.25) is 5.91 Å². The van der Waals surface area contributed by atoms with Gasteiger partial charge >= 0.3 is 0 Å². The summed E-state index contributed by atoms with van der Waals surface area (Å²) in [6.07, 6.45) is 5.05. The zero-order valence-electron chi connectivity index (χ0n) is 20.0. The number of thiophene rings is 1. The maximum absolute atomic E-state index is 12.9. The predicted molar refractivity (Wildman–Crippen MR) is 136 cm³/mol. The van der Waals surface area contributed by atoms with Crippen molar-refractivity contribution in [3.05, 3.63) is 52.2 Å². The molecular weight excluding hydrogens is 428 g/mol. The summed E-state index contributed by atoms with van der Waals surface area (Å²) in [6.45, 7) is 9.94. The van der Waals surface area contributed by atoms with E-state index in [1.807, 2.05) is 46.6 Å². The van der Waals surface area contributed by atoms with Crippen molar-refractivity contribution >= 4 is 33.3 Å². The van der Waals surface area contributed by atoms with Crippen molar-refractivity contribution < 1.29 is 4.79 Å². The van der Waals surface area contributed by atoms with E-state index < -0.39 is 0 Å². The normalized spacial score (nSPS) is 19.5. The van der Waals surface area contributed by atoms with Gasteiger partial charge in [-0.1, -0.05) is 51.1 Å². The first kappa shape index (κ1) is 22.3.